The monoisotopic (exact) mass is 546 g/mol. The molecular formula is C26H29F3N6O4. The highest BCUT2D eigenvalue weighted by molar-refractivity contribution is 5.95. The summed E-state index contributed by atoms with van der Waals surface area (Å²) in [6, 6.07) is 4.94. The van der Waals surface area contributed by atoms with E-state index >= 15 is 0 Å². The molecule has 208 valence electrons. The quantitative estimate of drug-likeness (QED) is 0.480. The first-order valence-corrected chi connectivity index (χ1v) is 12.3. The second kappa shape index (κ2) is 9.75. The molecule has 3 amide bonds. The Morgan fingerprint density at radius 3 is 2.51 bits per heavy atom. The summed E-state index contributed by atoms with van der Waals surface area (Å²) >= 11 is 0. The lowest BCUT2D eigenvalue weighted by molar-refractivity contribution is -0.176. The molecule has 4 rings (SSSR count). The maximum atomic E-state index is 13.7. The fraction of sp³-hybridized carbons (Fsp3) is 0.538. The molecule has 0 bridgehead atoms. The van der Waals surface area contributed by atoms with Crippen LogP contribution in [0.15, 0.2) is 30.5 Å². The number of amides is 3. The largest absolute Gasteiger partial charge is 0.471 e. The van der Waals surface area contributed by atoms with Crippen LogP contribution >= 0.6 is 0 Å². The number of piperidine rings is 1. The first-order valence-electron chi connectivity index (χ1n) is 12.3. The van der Waals surface area contributed by atoms with E-state index in [1.807, 2.05) is 19.9 Å². The molecule has 13 heteroatoms. The molecule has 2 aliphatic rings. The van der Waals surface area contributed by atoms with E-state index in [-0.39, 0.29) is 29.5 Å². The van der Waals surface area contributed by atoms with E-state index in [0.29, 0.717) is 10.8 Å². The van der Waals surface area contributed by atoms with Gasteiger partial charge in [-0.3, -0.25) is 14.4 Å². The van der Waals surface area contributed by atoms with Crippen LogP contribution in [0.1, 0.15) is 39.4 Å². The van der Waals surface area contributed by atoms with Crippen LogP contribution in [-0.4, -0.2) is 69.3 Å². The molecular weight excluding hydrogens is 517 g/mol. The highest BCUT2D eigenvalue weighted by atomic mass is 19.4. The number of alkyl halides is 3. The predicted molar refractivity (Wildman–Crippen MR) is 131 cm³/mol. The van der Waals surface area contributed by atoms with Gasteiger partial charge >= 0.3 is 12.1 Å². The molecule has 39 heavy (non-hydrogen) atoms. The van der Waals surface area contributed by atoms with Crippen LogP contribution in [0.2, 0.25) is 0 Å². The minimum absolute atomic E-state index is 0.0692. The number of aromatic nitrogens is 2. The number of carbonyl (C=O) groups is 3. The zero-order valence-electron chi connectivity index (χ0n) is 21.8. The van der Waals surface area contributed by atoms with Gasteiger partial charge in [-0.2, -0.15) is 28.6 Å². The molecule has 1 aromatic heterocycles. The zero-order valence-corrected chi connectivity index (χ0v) is 21.8. The third-order valence-corrected chi connectivity index (χ3v) is 8.02. The van der Waals surface area contributed by atoms with Gasteiger partial charge in [0, 0.05) is 22.7 Å². The average Bonchev–Trinajstić information content (AvgIpc) is 3.21. The minimum Gasteiger partial charge on any atom is -0.396 e. The van der Waals surface area contributed by atoms with Crippen LogP contribution in [0.25, 0.3) is 10.8 Å². The van der Waals surface area contributed by atoms with Gasteiger partial charge in [-0.15, -0.1) is 0 Å². The van der Waals surface area contributed by atoms with Crippen LogP contribution in [0.4, 0.5) is 13.2 Å². The summed E-state index contributed by atoms with van der Waals surface area (Å²) < 4.78 is 39.2. The maximum Gasteiger partial charge on any atom is 0.471 e. The normalized spacial score (nSPS) is 23.4. The van der Waals surface area contributed by atoms with Crippen LogP contribution < -0.4 is 10.6 Å². The van der Waals surface area contributed by atoms with E-state index in [9.17, 15) is 37.9 Å². The van der Waals surface area contributed by atoms with Gasteiger partial charge in [0.2, 0.25) is 11.8 Å². The molecule has 1 aromatic carbocycles. The zero-order chi connectivity index (χ0) is 28.9. The van der Waals surface area contributed by atoms with Gasteiger partial charge in [-0.25, -0.2) is 0 Å². The molecule has 0 radical (unpaired) electrons. The lowest BCUT2D eigenvalue weighted by Gasteiger charge is -2.38. The Bertz CT molecular complexity index is 1350. The fourth-order valence-corrected chi connectivity index (χ4v) is 5.53. The standard InChI is InChI=1S/C26H29F3N6O4/c1-24(2,12-36)20(33-23(39)26(27,28)29)22(38)35-11-15-17(25(15,3)4)19(35)21(37)32-16(9-30)18-14-8-6-5-7-13(14)10-31-34-18/h5-8,10,15-17,19-20,36H,11-12H2,1-4H3,(H,32,37)(H,33,39)/t15-,16?,17-,19-,20+/m0/s1. The summed E-state index contributed by atoms with van der Waals surface area (Å²) in [7, 11) is 0. The highest BCUT2D eigenvalue weighted by Crippen LogP contribution is 2.65. The lowest BCUT2D eigenvalue weighted by atomic mass is 9.83. The van der Waals surface area contributed by atoms with Gasteiger partial charge in [-0.05, 0) is 17.3 Å². The summed E-state index contributed by atoms with van der Waals surface area (Å²) in [5.74, 6) is -4.37. The minimum atomic E-state index is -5.25. The van der Waals surface area contributed by atoms with Gasteiger partial charge in [0.15, 0.2) is 6.04 Å². The molecule has 10 nitrogen and oxygen atoms in total. The number of carbonyl (C=O) groups excluding carboxylic acids is 3. The molecule has 3 N–H and O–H groups in total. The first kappa shape index (κ1) is 28.2. The van der Waals surface area contributed by atoms with Crippen molar-refractivity contribution in [1.29, 1.82) is 5.26 Å². The maximum absolute atomic E-state index is 13.7. The predicted octanol–water partition coefficient (Wildman–Crippen LogP) is 1.86. The number of likely N-dealkylation sites (tertiary alicyclic amines) is 1. The summed E-state index contributed by atoms with van der Waals surface area (Å²) in [6.07, 6.45) is -3.74. The second-order valence-electron chi connectivity index (χ2n) is 11.3. The first-order chi connectivity index (χ1) is 18.1. The van der Waals surface area contributed by atoms with E-state index in [1.165, 1.54) is 20.0 Å². The third-order valence-electron chi connectivity index (χ3n) is 8.02. The molecule has 1 aliphatic heterocycles. The van der Waals surface area contributed by atoms with Gasteiger partial charge in [-0.1, -0.05) is 52.0 Å². The van der Waals surface area contributed by atoms with Crippen molar-refractivity contribution in [1.82, 2.24) is 25.7 Å². The number of nitrogens with zero attached hydrogens (tertiary/aromatic N) is 4. The molecule has 0 spiro atoms. The molecule has 2 fully saturated rings. The number of halogens is 3. The summed E-state index contributed by atoms with van der Waals surface area (Å²) in [4.78, 5) is 40.3. The molecule has 1 aliphatic carbocycles. The van der Waals surface area contributed by atoms with E-state index in [0.717, 1.165) is 4.90 Å². The Hall–Kier alpha value is -3.79. The van der Waals surface area contributed by atoms with Gasteiger partial charge < -0.3 is 20.6 Å². The number of hydrogen-bond acceptors (Lipinski definition) is 7. The van der Waals surface area contributed by atoms with Crippen molar-refractivity contribution in [2.24, 2.45) is 22.7 Å². The number of hydrogen-bond donors (Lipinski definition) is 3. The van der Waals surface area contributed by atoms with Crippen molar-refractivity contribution in [3.05, 3.63) is 36.2 Å². The number of rotatable bonds is 7. The fourth-order valence-electron chi connectivity index (χ4n) is 5.53. The lowest BCUT2D eigenvalue weighted by Crippen LogP contribution is -2.61. The molecule has 1 saturated carbocycles. The van der Waals surface area contributed by atoms with Gasteiger partial charge in [0.1, 0.15) is 17.8 Å². The smallest absolute Gasteiger partial charge is 0.396 e. The van der Waals surface area contributed by atoms with Crippen LogP contribution in [-0.2, 0) is 14.4 Å². The van der Waals surface area contributed by atoms with Crippen molar-refractivity contribution in [3.8, 4) is 6.07 Å². The topological polar surface area (TPSA) is 148 Å². The Labute approximate surface area is 222 Å². The molecule has 2 aromatic rings. The number of aliphatic hydroxyl groups is 1. The number of nitriles is 1. The Morgan fingerprint density at radius 2 is 1.90 bits per heavy atom. The molecule has 2 heterocycles. The number of fused-ring (bicyclic) bond motifs is 2. The SMILES string of the molecule is CC(C)(CO)[C@H](NC(=O)C(F)(F)F)C(=O)N1C[C@H]2[C@@H]([C@H]1C(=O)NC(C#N)c1nncc3ccccc13)C2(C)C. The van der Waals surface area contributed by atoms with E-state index in [2.05, 4.69) is 15.5 Å². The van der Waals surface area contributed by atoms with Crippen LogP contribution in [0, 0.1) is 34.0 Å². The number of benzene rings is 1. The molecule has 1 saturated heterocycles. The van der Waals surface area contributed by atoms with E-state index in [4.69, 9.17) is 0 Å². The van der Waals surface area contributed by atoms with Crippen molar-refractivity contribution in [2.75, 3.05) is 13.2 Å². The number of aliphatic hydroxyl groups excluding tert-OH is 1. The van der Waals surface area contributed by atoms with Crippen molar-refractivity contribution in [2.45, 2.75) is 52.0 Å². The third kappa shape index (κ3) is 5.01. The highest BCUT2D eigenvalue weighted by Gasteiger charge is 2.70. The van der Waals surface area contributed by atoms with E-state index in [1.54, 1.807) is 29.6 Å². The Balaban J connectivity index is 1.65. The summed E-state index contributed by atoms with van der Waals surface area (Å²) in [5.41, 5.74) is -1.60. The summed E-state index contributed by atoms with van der Waals surface area (Å²) in [5, 5.41) is 33.3. The van der Waals surface area contributed by atoms with Crippen LogP contribution in [0.3, 0.4) is 0 Å². The van der Waals surface area contributed by atoms with Gasteiger partial charge in [0.05, 0.1) is 18.9 Å². The second-order valence-corrected chi connectivity index (χ2v) is 11.3. The van der Waals surface area contributed by atoms with Gasteiger partial charge in [0.25, 0.3) is 0 Å². The van der Waals surface area contributed by atoms with Crippen molar-refractivity contribution >= 4 is 28.5 Å². The average molecular weight is 547 g/mol. The molecule has 5 atom stereocenters. The van der Waals surface area contributed by atoms with Crippen molar-refractivity contribution in [3.63, 3.8) is 0 Å². The van der Waals surface area contributed by atoms with E-state index < -0.39 is 54.0 Å². The Morgan fingerprint density at radius 1 is 1.23 bits per heavy atom. The number of nitrogens with one attached hydrogen (secondary N) is 2. The summed E-state index contributed by atoms with van der Waals surface area (Å²) in [6.45, 7) is 5.88. The van der Waals surface area contributed by atoms with Crippen LogP contribution in [0.5, 0.6) is 0 Å². The Kier molecular flexibility index (Phi) is 7.06. The molecule has 1 unspecified atom stereocenters. The van der Waals surface area contributed by atoms with Crippen molar-refractivity contribution < 1.29 is 32.7 Å².